The number of carbonyl (C=O) groups is 3. The Morgan fingerprint density at radius 2 is 1.69 bits per heavy atom. The topological polar surface area (TPSA) is 112 Å². The van der Waals surface area contributed by atoms with Crippen LogP contribution in [0.25, 0.3) is 0 Å². The number of amides is 3. The quantitative estimate of drug-likeness (QED) is 0.375. The summed E-state index contributed by atoms with van der Waals surface area (Å²) in [7, 11) is 0. The van der Waals surface area contributed by atoms with Gasteiger partial charge in [-0.05, 0) is 61.4 Å². The number of anilines is 3. The fraction of sp³-hybridized carbons (Fsp3) is 0.208. The van der Waals surface area contributed by atoms with Crippen molar-refractivity contribution in [3.8, 4) is 0 Å². The van der Waals surface area contributed by atoms with Gasteiger partial charge in [-0.25, -0.2) is 0 Å². The average Bonchev–Trinajstić information content (AvgIpc) is 3.45. The van der Waals surface area contributed by atoms with Crippen LogP contribution in [-0.4, -0.2) is 30.3 Å². The summed E-state index contributed by atoms with van der Waals surface area (Å²) in [6.07, 6.45) is -1.60. The minimum Gasteiger partial charge on any atom is -0.459 e. The van der Waals surface area contributed by atoms with Crippen LogP contribution in [0.15, 0.2) is 65.3 Å². The van der Waals surface area contributed by atoms with Gasteiger partial charge >= 0.3 is 6.18 Å². The Hall–Kier alpha value is -4.28. The molecule has 35 heavy (non-hydrogen) atoms. The molecule has 0 aliphatic heterocycles. The summed E-state index contributed by atoms with van der Waals surface area (Å²) in [6, 6.07) is 12.5. The Morgan fingerprint density at radius 3 is 2.37 bits per heavy atom. The van der Waals surface area contributed by atoms with Crippen molar-refractivity contribution in [2.24, 2.45) is 0 Å². The van der Waals surface area contributed by atoms with Gasteiger partial charge in [0.25, 0.3) is 11.8 Å². The molecule has 0 atom stereocenters. The van der Waals surface area contributed by atoms with Crippen LogP contribution < -0.4 is 21.3 Å². The van der Waals surface area contributed by atoms with E-state index < -0.39 is 30.1 Å². The number of nitrogens with one attached hydrogen (secondary N) is 4. The van der Waals surface area contributed by atoms with Crippen LogP contribution in [0.5, 0.6) is 0 Å². The molecule has 1 fully saturated rings. The molecule has 1 aromatic heterocycles. The minimum absolute atomic E-state index is 0.0495. The SMILES string of the molecule is O=C(CNc1ccc(NC(=O)c2ccco2)cc1C(F)(F)F)Nc1cccc(C(=O)NC2CC2)c1. The molecule has 4 N–H and O–H groups in total. The van der Waals surface area contributed by atoms with Crippen molar-refractivity contribution in [3.05, 3.63) is 77.7 Å². The van der Waals surface area contributed by atoms with Crippen LogP contribution in [0, 0.1) is 0 Å². The fourth-order valence-corrected chi connectivity index (χ4v) is 3.23. The van der Waals surface area contributed by atoms with Crippen LogP contribution >= 0.6 is 0 Å². The predicted octanol–water partition coefficient (Wildman–Crippen LogP) is 4.49. The molecule has 1 aliphatic carbocycles. The number of alkyl halides is 3. The highest BCUT2D eigenvalue weighted by atomic mass is 19.4. The molecule has 11 heteroatoms. The Labute approximate surface area is 197 Å². The van der Waals surface area contributed by atoms with Crippen molar-refractivity contribution < 1.29 is 32.0 Å². The van der Waals surface area contributed by atoms with E-state index in [1.165, 1.54) is 30.5 Å². The highest BCUT2D eigenvalue weighted by Crippen LogP contribution is 2.36. The van der Waals surface area contributed by atoms with E-state index in [0.717, 1.165) is 25.0 Å². The Kier molecular flexibility index (Phi) is 6.76. The van der Waals surface area contributed by atoms with Gasteiger partial charge in [-0.2, -0.15) is 13.2 Å². The maximum atomic E-state index is 13.6. The number of benzene rings is 2. The number of hydrogen-bond donors (Lipinski definition) is 4. The summed E-state index contributed by atoms with van der Waals surface area (Å²) in [5.74, 6) is -1.60. The van der Waals surface area contributed by atoms with Crippen molar-refractivity contribution in [1.29, 1.82) is 0 Å². The highest BCUT2D eigenvalue weighted by Gasteiger charge is 2.34. The van der Waals surface area contributed by atoms with Gasteiger partial charge in [-0.15, -0.1) is 0 Å². The summed E-state index contributed by atoms with van der Waals surface area (Å²) in [4.78, 5) is 36.6. The third-order valence-electron chi connectivity index (χ3n) is 5.09. The molecule has 0 bridgehead atoms. The van der Waals surface area contributed by atoms with E-state index in [0.29, 0.717) is 11.3 Å². The first-order valence-corrected chi connectivity index (χ1v) is 10.7. The largest absolute Gasteiger partial charge is 0.459 e. The molecule has 0 saturated heterocycles. The molecule has 3 amide bonds. The normalized spacial score (nSPS) is 13.1. The second kappa shape index (κ2) is 9.92. The maximum Gasteiger partial charge on any atom is 0.418 e. The predicted molar refractivity (Wildman–Crippen MR) is 122 cm³/mol. The van der Waals surface area contributed by atoms with Gasteiger partial charge < -0.3 is 25.7 Å². The Bertz CT molecular complexity index is 1240. The molecule has 8 nitrogen and oxygen atoms in total. The summed E-state index contributed by atoms with van der Waals surface area (Å²) in [5, 5.41) is 10.2. The molecular formula is C24H21F3N4O4. The molecule has 3 aromatic rings. The van der Waals surface area contributed by atoms with Crippen molar-refractivity contribution in [3.63, 3.8) is 0 Å². The van der Waals surface area contributed by atoms with Gasteiger partial charge in [-0.3, -0.25) is 14.4 Å². The van der Waals surface area contributed by atoms with Crippen LogP contribution in [-0.2, 0) is 11.0 Å². The van der Waals surface area contributed by atoms with E-state index in [2.05, 4.69) is 21.3 Å². The highest BCUT2D eigenvalue weighted by molar-refractivity contribution is 6.02. The molecule has 0 spiro atoms. The standard InChI is InChI=1S/C24H21F3N4O4/c25-24(26,27)18-12-17(31-23(34)20-5-2-10-35-20)8-9-19(18)28-13-21(32)29-16-4-1-3-14(11-16)22(33)30-15-6-7-15/h1-5,8-12,15,28H,6-7,13H2,(H,29,32)(H,30,33)(H,31,34). The molecule has 0 unspecified atom stereocenters. The maximum absolute atomic E-state index is 13.6. The van der Waals surface area contributed by atoms with Crippen LogP contribution in [0.3, 0.4) is 0 Å². The minimum atomic E-state index is -4.74. The molecule has 1 saturated carbocycles. The third-order valence-corrected chi connectivity index (χ3v) is 5.09. The molecule has 0 radical (unpaired) electrons. The molecule has 182 valence electrons. The van der Waals surface area contributed by atoms with Crippen LogP contribution in [0.2, 0.25) is 0 Å². The first kappa shape index (κ1) is 23.9. The number of carbonyl (C=O) groups excluding carboxylic acids is 3. The van der Waals surface area contributed by atoms with Gasteiger partial charge in [0.15, 0.2) is 5.76 Å². The molecule has 4 rings (SSSR count). The van der Waals surface area contributed by atoms with Gasteiger partial charge in [0.1, 0.15) is 0 Å². The summed E-state index contributed by atoms with van der Waals surface area (Å²) in [6.45, 7) is -0.459. The number of hydrogen-bond acceptors (Lipinski definition) is 5. The summed E-state index contributed by atoms with van der Waals surface area (Å²) in [5.41, 5.74) is -0.765. The first-order chi connectivity index (χ1) is 16.7. The van der Waals surface area contributed by atoms with Crippen molar-refractivity contribution in [2.75, 3.05) is 22.5 Å². The lowest BCUT2D eigenvalue weighted by Gasteiger charge is -2.16. The van der Waals surface area contributed by atoms with E-state index >= 15 is 0 Å². The zero-order valence-corrected chi connectivity index (χ0v) is 18.2. The van der Waals surface area contributed by atoms with Crippen molar-refractivity contribution in [2.45, 2.75) is 25.1 Å². The smallest absolute Gasteiger partial charge is 0.418 e. The van der Waals surface area contributed by atoms with E-state index in [1.807, 2.05) is 0 Å². The average molecular weight is 486 g/mol. The molecular weight excluding hydrogens is 465 g/mol. The van der Waals surface area contributed by atoms with E-state index in [-0.39, 0.29) is 29.1 Å². The number of rotatable bonds is 8. The second-order valence-corrected chi connectivity index (χ2v) is 7.92. The Morgan fingerprint density at radius 1 is 0.914 bits per heavy atom. The van der Waals surface area contributed by atoms with Crippen LogP contribution in [0.4, 0.5) is 30.2 Å². The lowest BCUT2D eigenvalue weighted by atomic mass is 10.1. The van der Waals surface area contributed by atoms with Crippen LogP contribution in [0.1, 0.15) is 39.3 Å². The van der Waals surface area contributed by atoms with E-state index in [4.69, 9.17) is 4.42 Å². The number of halogens is 3. The lowest BCUT2D eigenvalue weighted by molar-refractivity contribution is -0.137. The van der Waals surface area contributed by atoms with Gasteiger partial charge in [0, 0.05) is 28.7 Å². The molecule has 2 aromatic carbocycles. The molecule has 1 heterocycles. The van der Waals surface area contributed by atoms with E-state index in [9.17, 15) is 27.6 Å². The van der Waals surface area contributed by atoms with Gasteiger partial charge in [-0.1, -0.05) is 6.07 Å². The Balaban J connectivity index is 1.39. The summed E-state index contributed by atoms with van der Waals surface area (Å²) < 4.78 is 45.8. The summed E-state index contributed by atoms with van der Waals surface area (Å²) >= 11 is 0. The number of furan rings is 1. The zero-order valence-electron chi connectivity index (χ0n) is 18.2. The zero-order chi connectivity index (χ0) is 25.0. The monoisotopic (exact) mass is 486 g/mol. The van der Waals surface area contributed by atoms with Gasteiger partial charge in [0.2, 0.25) is 5.91 Å². The second-order valence-electron chi connectivity index (χ2n) is 7.92. The van der Waals surface area contributed by atoms with Crippen molar-refractivity contribution >= 4 is 34.8 Å². The molecule has 1 aliphatic rings. The lowest BCUT2D eigenvalue weighted by Crippen LogP contribution is -2.26. The first-order valence-electron chi connectivity index (χ1n) is 10.7. The van der Waals surface area contributed by atoms with Crippen molar-refractivity contribution in [1.82, 2.24) is 5.32 Å². The fourth-order valence-electron chi connectivity index (χ4n) is 3.23. The third kappa shape index (κ3) is 6.40. The van der Waals surface area contributed by atoms with Gasteiger partial charge in [0.05, 0.1) is 18.4 Å². The van der Waals surface area contributed by atoms with E-state index in [1.54, 1.807) is 18.2 Å².